The second kappa shape index (κ2) is 10.1. The Morgan fingerprint density at radius 2 is 1.71 bits per heavy atom. The van der Waals surface area contributed by atoms with E-state index in [2.05, 4.69) is 10.4 Å². The minimum atomic E-state index is -3.61. The van der Waals surface area contributed by atoms with Crippen LogP contribution in [-0.4, -0.2) is 41.5 Å². The number of carbonyl (C=O) groups is 1. The van der Waals surface area contributed by atoms with Gasteiger partial charge >= 0.3 is 0 Å². The zero-order valence-corrected chi connectivity index (χ0v) is 21.3. The molecule has 1 aliphatic rings. The first-order chi connectivity index (χ1) is 16.2. The highest BCUT2D eigenvalue weighted by atomic mass is 35.5. The van der Waals surface area contributed by atoms with Gasteiger partial charge in [-0.1, -0.05) is 41.4 Å². The first-order valence-electron chi connectivity index (χ1n) is 11.0. The molecule has 0 radical (unpaired) electrons. The molecule has 0 spiro atoms. The summed E-state index contributed by atoms with van der Waals surface area (Å²) in [5.74, 6) is -0.394. The van der Waals surface area contributed by atoms with Crippen LogP contribution < -0.4 is 5.32 Å². The Morgan fingerprint density at radius 3 is 2.35 bits per heavy atom. The van der Waals surface area contributed by atoms with Crippen LogP contribution in [0.2, 0.25) is 10.0 Å². The first kappa shape index (κ1) is 24.7. The van der Waals surface area contributed by atoms with Gasteiger partial charge in [0.05, 0.1) is 28.5 Å². The number of anilines is 1. The largest absolute Gasteiger partial charge is 0.323 e. The van der Waals surface area contributed by atoms with Crippen LogP contribution in [0.3, 0.4) is 0 Å². The number of benzene rings is 2. The summed E-state index contributed by atoms with van der Waals surface area (Å²) in [4.78, 5) is 13.2. The second-order valence-electron chi connectivity index (χ2n) is 8.42. The van der Waals surface area contributed by atoms with Gasteiger partial charge in [0, 0.05) is 29.1 Å². The van der Waals surface area contributed by atoms with Gasteiger partial charge in [-0.3, -0.25) is 9.48 Å². The maximum Gasteiger partial charge on any atom is 0.243 e. The van der Waals surface area contributed by atoms with Crippen LogP contribution in [0.1, 0.15) is 29.8 Å². The molecule has 0 atom stereocenters. The highest BCUT2D eigenvalue weighted by Crippen LogP contribution is 2.28. The highest BCUT2D eigenvalue weighted by Gasteiger charge is 2.32. The van der Waals surface area contributed by atoms with E-state index in [9.17, 15) is 13.2 Å². The number of carbonyl (C=O) groups excluding carboxylic acids is 1. The van der Waals surface area contributed by atoms with Crippen LogP contribution in [0.4, 0.5) is 5.69 Å². The van der Waals surface area contributed by atoms with E-state index in [-0.39, 0.29) is 29.8 Å². The molecule has 2 heterocycles. The summed E-state index contributed by atoms with van der Waals surface area (Å²) < 4.78 is 29.0. The maximum atomic E-state index is 13.0. The molecule has 4 rings (SSSR count). The predicted molar refractivity (Wildman–Crippen MR) is 134 cm³/mol. The molecule has 0 aliphatic carbocycles. The monoisotopic (exact) mass is 520 g/mol. The number of amides is 1. The lowest BCUT2D eigenvalue weighted by Crippen LogP contribution is -2.41. The smallest absolute Gasteiger partial charge is 0.243 e. The number of nitrogens with one attached hydrogen (secondary N) is 1. The molecule has 1 amide bonds. The maximum absolute atomic E-state index is 13.0. The van der Waals surface area contributed by atoms with Crippen LogP contribution in [0, 0.1) is 19.8 Å². The molecule has 3 aromatic rings. The average Bonchev–Trinajstić information content (AvgIpc) is 3.08. The number of aromatic nitrogens is 2. The van der Waals surface area contributed by atoms with Gasteiger partial charge in [-0.2, -0.15) is 9.40 Å². The van der Waals surface area contributed by atoms with Crippen molar-refractivity contribution >= 4 is 44.8 Å². The van der Waals surface area contributed by atoms with Gasteiger partial charge < -0.3 is 5.32 Å². The van der Waals surface area contributed by atoms with E-state index < -0.39 is 10.0 Å². The van der Waals surface area contributed by atoms with E-state index >= 15 is 0 Å². The third kappa shape index (κ3) is 5.15. The summed E-state index contributed by atoms with van der Waals surface area (Å²) in [5, 5.41) is 8.75. The molecule has 180 valence electrons. The summed E-state index contributed by atoms with van der Waals surface area (Å²) in [5.41, 5.74) is 3.20. The van der Waals surface area contributed by atoms with Crippen molar-refractivity contribution in [3.63, 3.8) is 0 Å². The fourth-order valence-corrected chi connectivity index (χ4v) is 5.95. The van der Waals surface area contributed by atoms with Crippen LogP contribution in [0.5, 0.6) is 0 Å². The van der Waals surface area contributed by atoms with Gasteiger partial charge in [-0.25, -0.2) is 8.42 Å². The van der Waals surface area contributed by atoms with E-state index in [1.165, 1.54) is 16.4 Å². The third-order valence-electron chi connectivity index (χ3n) is 6.18. The molecule has 2 aromatic carbocycles. The van der Waals surface area contributed by atoms with Crippen LogP contribution in [0.15, 0.2) is 53.4 Å². The zero-order valence-electron chi connectivity index (χ0n) is 19.0. The molecule has 1 saturated heterocycles. The number of nitrogens with zero attached hydrogens (tertiary/aromatic N) is 3. The van der Waals surface area contributed by atoms with Crippen molar-refractivity contribution in [1.82, 2.24) is 14.1 Å². The van der Waals surface area contributed by atoms with E-state index in [4.69, 9.17) is 23.2 Å². The Morgan fingerprint density at radius 1 is 1.06 bits per heavy atom. The highest BCUT2D eigenvalue weighted by molar-refractivity contribution is 7.89. The molecule has 7 nitrogen and oxygen atoms in total. The van der Waals surface area contributed by atoms with Crippen molar-refractivity contribution in [1.29, 1.82) is 0 Å². The van der Waals surface area contributed by atoms with Crippen LogP contribution in [-0.2, 0) is 21.4 Å². The van der Waals surface area contributed by atoms with Crippen molar-refractivity contribution in [3.05, 3.63) is 75.5 Å². The number of hydrogen-bond donors (Lipinski definition) is 1. The number of halogens is 2. The minimum Gasteiger partial charge on any atom is -0.323 e. The molecular formula is C24H26Cl2N4O3S. The number of piperidine rings is 1. The number of aryl methyl sites for hydroxylation is 1. The summed E-state index contributed by atoms with van der Waals surface area (Å²) >= 11 is 12.2. The molecule has 0 unspecified atom stereocenters. The topological polar surface area (TPSA) is 84.3 Å². The molecule has 34 heavy (non-hydrogen) atoms. The lowest BCUT2D eigenvalue weighted by atomic mass is 9.97. The fourth-order valence-electron chi connectivity index (χ4n) is 4.16. The van der Waals surface area contributed by atoms with E-state index in [0.29, 0.717) is 35.1 Å². The Kier molecular flexibility index (Phi) is 7.33. The van der Waals surface area contributed by atoms with Gasteiger partial charge in [0.2, 0.25) is 15.9 Å². The Labute approximate surface area is 209 Å². The first-order valence-corrected chi connectivity index (χ1v) is 13.2. The Bertz CT molecular complexity index is 1300. The lowest BCUT2D eigenvalue weighted by Gasteiger charge is -2.30. The summed E-state index contributed by atoms with van der Waals surface area (Å²) in [6, 6.07) is 13.7. The quantitative estimate of drug-likeness (QED) is 0.501. The molecule has 0 bridgehead atoms. The fraction of sp³-hybridized carbons (Fsp3) is 0.333. The molecule has 0 saturated carbocycles. The SMILES string of the molecule is Cc1nn(Cc2ccccc2Cl)c(C)c1NC(=O)C1CCN(S(=O)(=O)c2ccc(Cl)cc2)CC1. The van der Waals surface area contributed by atoms with Crippen molar-refractivity contribution in [2.75, 3.05) is 18.4 Å². The standard InChI is InChI=1S/C24H26Cl2N4O3S/c1-16-23(17(2)30(28-16)15-19-5-3-4-6-22(19)26)27-24(31)18-11-13-29(14-12-18)34(32,33)21-9-7-20(25)8-10-21/h3-10,18H,11-15H2,1-2H3,(H,27,31). The van der Waals surface area contributed by atoms with Crippen LogP contribution in [0.25, 0.3) is 0 Å². The second-order valence-corrected chi connectivity index (χ2v) is 11.2. The van der Waals surface area contributed by atoms with Crippen LogP contribution >= 0.6 is 23.2 Å². The Balaban J connectivity index is 1.40. The summed E-state index contributed by atoms with van der Waals surface area (Å²) in [6.45, 7) is 4.84. The molecule has 1 fully saturated rings. The molecular weight excluding hydrogens is 495 g/mol. The van der Waals surface area contributed by atoms with Crippen molar-refractivity contribution in [3.8, 4) is 0 Å². The van der Waals surface area contributed by atoms with E-state index in [1.54, 1.807) is 12.1 Å². The van der Waals surface area contributed by atoms with Gasteiger partial charge in [-0.15, -0.1) is 0 Å². The summed E-state index contributed by atoms with van der Waals surface area (Å²) in [7, 11) is -3.61. The van der Waals surface area contributed by atoms with Crippen molar-refractivity contribution in [2.45, 2.75) is 38.1 Å². The van der Waals surface area contributed by atoms with E-state index in [0.717, 1.165) is 17.0 Å². The average molecular weight is 521 g/mol. The number of hydrogen-bond acceptors (Lipinski definition) is 4. The van der Waals surface area contributed by atoms with Crippen molar-refractivity contribution < 1.29 is 13.2 Å². The molecule has 10 heteroatoms. The normalized spacial score (nSPS) is 15.4. The van der Waals surface area contributed by atoms with Gasteiger partial charge in [0.25, 0.3) is 0 Å². The number of sulfonamides is 1. The van der Waals surface area contributed by atoms with E-state index in [1.807, 2.05) is 42.8 Å². The predicted octanol–water partition coefficient (Wildman–Crippen LogP) is 4.89. The Hall–Kier alpha value is -2.39. The summed E-state index contributed by atoms with van der Waals surface area (Å²) in [6.07, 6.45) is 0.898. The minimum absolute atomic E-state index is 0.118. The zero-order chi connectivity index (χ0) is 24.5. The molecule has 1 N–H and O–H groups in total. The third-order valence-corrected chi connectivity index (χ3v) is 8.72. The van der Waals surface area contributed by atoms with Crippen molar-refractivity contribution in [2.24, 2.45) is 5.92 Å². The lowest BCUT2D eigenvalue weighted by molar-refractivity contribution is -0.120. The van der Waals surface area contributed by atoms with Gasteiger partial charge in [0.1, 0.15) is 0 Å². The number of rotatable bonds is 6. The molecule has 1 aromatic heterocycles. The van der Waals surface area contributed by atoms with Gasteiger partial charge in [-0.05, 0) is 62.6 Å². The molecule has 1 aliphatic heterocycles. The van der Waals surface area contributed by atoms with Gasteiger partial charge in [0.15, 0.2) is 0 Å².